The Kier molecular flexibility index (Phi) is 2.91. The Bertz CT molecular complexity index is 368. The van der Waals surface area contributed by atoms with Crippen LogP contribution in [0.25, 0.3) is 0 Å². The molecule has 0 saturated heterocycles. The Morgan fingerprint density at radius 1 is 1.40 bits per heavy atom. The summed E-state index contributed by atoms with van der Waals surface area (Å²) in [5.74, 6) is 0.170. The van der Waals surface area contributed by atoms with Crippen LogP contribution in [0.2, 0.25) is 0 Å². The summed E-state index contributed by atoms with van der Waals surface area (Å²) in [5.41, 5.74) is 0.631. The molecule has 1 atom stereocenters. The quantitative estimate of drug-likeness (QED) is 0.830. The second-order valence-corrected chi connectivity index (χ2v) is 3.06. The van der Waals surface area contributed by atoms with Crippen molar-refractivity contribution in [3.05, 3.63) is 29.8 Å². The van der Waals surface area contributed by atoms with Gasteiger partial charge in [-0.05, 0) is 6.07 Å². The van der Waals surface area contributed by atoms with Crippen LogP contribution in [0.3, 0.4) is 0 Å². The van der Waals surface area contributed by atoms with E-state index >= 15 is 0 Å². The molecule has 1 aromatic rings. The van der Waals surface area contributed by atoms with Crippen LogP contribution in [-0.2, 0) is 0 Å². The van der Waals surface area contributed by atoms with E-state index in [2.05, 4.69) is 15.0 Å². The SMILES string of the molecule is FC(F)Oc1ccccc1C1N=CCN1. The van der Waals surface area contributed by atoms with Gasteiger partial charge >= 0.3 is 6.61 Å². The Morgan fingerprint density at radius 2 is 2.20 bits per heavy atom. The summed E-state index contributed by atoms with van der Waals surface area (Å²) >= 11 is 0. The third-order valence-electron chi connectivity index (χ3n) is 2.09. The van der Waals surface area contributed by atoms with Crippen LogP contribution < -0.4 is 10.1 Å². The van der Waals surface area contributed by atoms with Crippen LogP contribution >= 0.6 is 0 Å². The van der Waals surface area contributed by atoms with Crippen molar-refractivity contribution in [1.29, 1.82) is 0 Å². The van der Waals surface area contributed by atoms with E-state index in [1.165, 1.54) is 6.07 Å². The van der Waals surface area contributed by atoms with Gasteiger partial charge in [0.05, 0.1) is 0 Å². The maximum Gasteiger partial charge on any atom is 0.387 e. The Hall–Kier alpha value is -1.49. The summed E-state index contributed by atoms with van der Waals surface area (Å²) in [6.07, 6.45) is 1.43. The van der Waals surface area contributed by atoms with E-state index in [1.54, 1.807) is 24.4 Å². The molecule has 80 valence electrons. The minimum absolute atomic E-state index is 0.170. The molecule has 0 spiro atoms. The lowest BCUT2D eigenvalue weighted by Crippen LogP contribution is -2.16. The molecule has 2 rings (SSSR count). The highest BCUT2D eigenvalue weighted by Crippen LogP contribution is 2.27. The van der Waals surface area contributed by atoms with Gasteiger partial charge in [0.15, 0.2) is 0 Å². The lowest BCUT2D eigenvalue weighted by molar-refractivity contribution is -0.0506. The summed E-state index contributed by atoms with van der Waals surface area (Å²) in [7, 11) is 0. The molecule has 1 aliphatic rings. The maximum absolute atomic E-state index is 12.1. The Labute approximate surface area is 85.8 Å². The summed E-state index contributed by atoms with van der Waals surface area (Å²) in [5, 5.41) is 3.04. The van der Waals surface area contributed by atoms with Crippen molar-refractivity contribution in [3.8, 4) is 5.75 Å². The standard InChI is InChI=1S/C10H10F2N2O/c11-10(12)15-8-4-2-1-3-7(8)9-13-5-6-14-9/h1-5,9-10,14H,6H2. The van der Waals surface area contributed by atoms with Gasteiger partial charge in [0.2, 0.25) is 0 Å². The molecule has 0 aromatic heterocycles. The molecule has 1 heterocycles. The second-order valence-electron chi connectivity index (χ2n) is 3.06. The van der Waals surface area contributed by atoms with Crippen molar-refractivity contribution in [1.82, 2.24) is 5.32 Å². The van der Waals surface area contributed by atoms with E-state index in [1.807, 2.05) is 0 Å². The number of rotatable bonds is 3. The van der Waals surface area contributed by atoms with E-state index < -0.39 is 6.61 Å². The average molecular weight is 212 g/mol. The molecule has 1 N–H and O–H groups in total. The van der Waals surface area contributed by atoms with Crippen molar-refractivity contribution in [2.75, 3.05) is 6.54 Å². The lowest BCUT2D eigenvalue weighted by Gasteiger charge is -2.14. The number of halogens is 2. The zero-order chi connectivity index (χ0) is 10.7. The lowest BCUT2D eigenvalue weighted by atomic mass is 10.1. The molecule has 3 nitrogen and oxygen atoms in total. The normalized spacial score (nSPS) is 19.8. The van der Waals surface area contributed by atoms with Crippen LogP contribution in [0.1, 0.15) is 11.7 Å². The zero-order valence-corrected chi connectivity index (χ0v) is 7.86. The first-order chi connectivity index (χ1) is 7.27. The highest BCUT2D eigenvalue weighted by Gasteiger charge is 2.18. The van der Waals surface area contributed by atoms with Crippen molar-refractivity contribution >= 4 is 6.21 Å². The largest absolute Gasteiger partial charge is 0.434 e. The molecular formula is C10H10F2N2O. The predicted molar refractivity (Wildman–Crippen MR) is 52.3 cm³/mol. The fraction of sp³-hybridized carbons (Fsp3) is 0.300. The molecule has 5 heteroatoms. The minimum Gasteiger partial charge on any atom is -0.434 e. The van der Waals surface area contributed by atoms with E-state index in [0.717, 1.165) is 0 Å². The van der Waals surface area contributed by atoms with Crippen LogP contribution in [-0.4, -0.2) is 19.4 Å². The van der Waals surface area contributed by atoms with Gasteiger partial charge in [-0.15, -0.1) is 0 Å². The van der Waals surface area contributed by atoms with Gasteiger partial charge < -0.3 is 4.74 Å². The van der Waals surface area contributed by atoms with E-state index in [-0.39, 0.29) is 11.9 Å². The highest BCUT2D eigenvalue weighted by molar-refractivity contribution is 5.63. The van der Waals surface area contributed by atoms with Gasteiger partial charge in [0.25, 0.3) is 0 Å². The maximum atomic E-state index is 12.1. The Balaban J connectivity index is 2.24. The molecular weight excluding hydrogens is 202 g/mol. The van der Waals surface area contributed by atoms with Crippen LogP contribution in [0.15, 0.2) is 29.3 Å². The third kappa shape index (κ3) is 2.30. The molecule has 1 aromatic carbocycles. The van der Waals surface area contributed by atoms with E-state index in [0.29, 0.717) is 12.1 Å². The van der Waals surface area contributed by atoms with Gasteiger partial charge in [0.1, 0.15) is 11.9 Å². The zero-order valence-electron chi connectivity index (χ0n) is 7.86. The fourth-order valence-corrected chi connectivity index (χ4v) is 1.48. The summed E-state index contributed by atoms with van der Waals surface area (Å²) in [6, 6.07) is 6.65. The number of hydrogen-bond donors (Lipinski definition) is 1. The first-order valence-corrected chi connectivity index (χ1v) is 4.56. The number of para-hydroxylation sites is 1. The Morgan fingerprint density at radius 3 is 2.87 bits per heavy atom. The van der Waals surface area contributed by atoms with Crippen molar-refractivity contribution < 1.29 is 13.5 Å². The molecule has 1 aliphatic heterocycles. The fourth-order valence-electron chi connectivity index (χ4n) is 1.48. The topological polar surface area (TPSA) is 33.6 Å². The molecule has 15 heavy (non-hydrogen) atoms. The first-order valence-electron chi connectivity index (χ1n) is 4.56. The van der Waals surface area contributed by atoms with Gasteiger partial charge in [-0.3, -0.25) is 10.3 Å². The van der Waals surface area contributed by atoms with Gasteiger partial charge in [-0.25, -0.2) is 0 Å². The minimum atomic E-state index is -2.81. The molecule has 0 bridgehead atoms. The molecule has 0 saturated carbocycles. The highest BCUT2D eigenvalue weighted by atomic mass is 19.3. The molecule has 0 radical (unpaired) electrons. The predicted octanol–water partition coefficient (Wildman–Crippen LogP) is 1.96. The first kappa shape index (κ1) is 10.0. The van der Waals surface area contributed by atoms with Crippen LogP contribution in [0.5, 0.6) is 5.75 Å². The summed E-state index contributed by atoms with van der Waals surface area (Å²) in [4.78, 5) is 4.11. The third-order valence-corrected chi connectivity index (χ3v) is 2.09. The van der Waals surface area contributed by atoms with Crippen molar-refractivity contribution in [2.45, 2.75) is 12.8 Å². The second kappa shape index (κ2) is 4.35. The number of ether oxygens (including phenoxy) is 1. The molecule has 0 aliphatic carbocycles. The van der Waals surface area contributed by atoms with Crippen molar-refractivity contribution in [2.24, 2.45) is 4.99 Å². The number of nitrogens with zero attached hydrogens (tertiary/aromatic N) is 1. The molecule has 1 unspecified atom stereocenters. The number of alkyl halides is 2. The number of aliphatic imine (C=N–C) groups is 1. The van der Waals surface area contributed by atoms with Crippen molar-refractivity contribution in [3.63, 3.8) is 0 Å². The van der Waals surface area contributed by atoms with Gasteiger partial charge in [-0.1, -0.05) is 18.2 Å². The van der Waals surface area contributed by atoms with Gasteiger partial charge in [0, 0.05) is 18.3 Å². The van der Waals surface area contributed by atoms with E-state index in [4.69, 9.17) is 0 Å². The molecule has 0 amide bonds. The summed E-state index contributed by atoms with van der Waals surface area (Å²) in [6.45, 7) is -2.16. The van der Waals surface area contributed by atoms with E-state index in [9.17, 15) is 8.78 Å². The number of benzene rings is 1. The summed E-state index contributed by atoms with van der Waals surface area (Å²) < 4.78 is 28.6. The monoisotopic (exact) mass is 212 g/mol. The molecule has 0 fully saturated rings. The smallest absolute Gasteiger partial charge is 0.387 e. The number of nitrogens with one attached hydrogen (secondary N) is 1. The number of hydrogen-bond acceptors (Lipinski definition) is 3. The average Bonchev–Trinajstić information content (AvgIpc) is 2.70. The van der Waals surface area contributed by atoms with Crippen LogP contribution in [0.4, 0.5) is 8.78 Å². The van der Waals surface area contributed by atoms with Gasteiger partial charge in [-0.2, -0.15) is 8.78 Å². The van der Waals surface area contributed by atoms with Crippen LogP contribution in [0, 0.1) is 0 Å².